The lowest BCUT2D eigenvalue weighted by atomic mass is 9.98. The van der Waals surface area contributed by atoms with E-state index in [9.17, 15) is 5.11 Å². The van der Waals surface area contributed by atoms with Crippen molar-refractivity contribution in [1.82, 2.24) is 0 Å². The number of halogens is 2. The SMILES string of the molecule is C[C@@](O)(Cc1ccccc1)C(Cl)Cl. The number of alkyl halides is 2. The first-order valence-corrected chi connectivity index (χ1v) is 4.94. The lowest BCUT2D eigenvalue weighted by molar-refractivity contribution is 0.0747. The third kappa shape index (κ3) is 3.18. The third-order valence-corrected chi connectivity index (χ3v) is 2.82. The van der Waals surface area contributed by atoms with Crippen molar-refractivity contribution in [3.63, 3.8) is 0 Å². The van der Waals surface area contributed by atoms with Crippen molar-refractivity contribution in [2.75, 3.05) is 0 Å². The van der Waals surface area contributed by atoms with Crippen LogP contribution >= 0.6 is 23.2 Å². The van der Waals surface area contributed by atoms with Crippen molar-refractivity contribution in [3.05, 3.63) is 35.9 Å². The molecule has 0 saturated carbocycles. The molecule has 0 amide bonds. The van der Waals surface area contributed by atoms with Gasteiger partial charge >= 0.3 is 0 Å². The molecule has 1 aromatic rings. The van der Waals surface area contributed by atoms with Crippen LogP contribution < -0.4 is 0 Å². The molecule has 0 aliphatic heterocycles. The van der Waals surface area contributed by atoms with Crippen molar-refractivity contribution in [1.29, 1.82) is 0 Å². The Morgan fingerprint density at radius 3 is 2.31 bits per heavy atom. The van der Waals surface area contributed by atoms with Crippen LogP contribution in [0.25, 0.3) is 0 Å². The van der Waals surface area contributed by atoms with Gasteiger partial charge in [-0.05, 0) is 12.5 Å². The van der Waals surface area contributed by atoms with Crippen LogP contribution in [0.2, 0.25) is 0 Å². The number of hydrogen-bond acceptors (Lipinski definition) is 1. The predicted molar refractivity (Wildman–Crippen MR) is 56.3 cm³/mol. The standard InChI is InChI=1S/C10H12Cl2O/c1-10(13,9(11)12)7-8-5-3-2-4-6-8/h2-6,9,13H,7H2,1H3/t10-/m1/s1. The Labute approximate surface area is 88.3 Å². The zero-order valence-electron chi connectivity index (χ0n) is 7.37. The molecule has 0 aliphatic rings. The Morgan fingerprint density at radius 2 is 1.85 bits per heavy atom. The van der Waals surface area contributed by atoms with Crippen LogP contribution in [0.1, 0.15) is 12.5 Å². The number of aliphatic hydroxyl groups is 1. The Kier molecular flexibility index (Phi) is 3.60. The first-order valence-electron chi connectivity index (χ1n) is 4.07. The van der Waals surface area contributed by atoms with Gasteiger partial charge in [-0.2, -0.15) is 0 Å². The zero-order valence-corrected chi connectivity index (χ0v) is 8.89. The van der Waals surface area contributed by atoms with Crippen molar-refractivity contribution < 1.29 is 5.11 Å². The molecule has 0 bridgehead atoms. The average molecular weight is 219 g/mol. The molecule has 1 N–H and O–H groups in total. The van der Waals surface area contributed by atoms with Gasteiger partial charge in [-0.1, -0.05) is 30.3 Å². The summed E-state index contributed by atoms with van der Waals surface area (Å²) in [7, 11) is 0. The van der Waals surface area contributed by atoms with Crippen LogP contribution in [0, 0.1) is 0 Å². The first-order chi connectivity index (χ1) is 6.02. The molecule has 0 aliphatic carbocycles. The molecule has 0 aromatic heterocycles. The molecule has 0 saturated heterocycles. The van der Waals surface area contributed by atoms with Gasteiger partial charge in [0.05, 0.1) is 5.60 Å². The van der Waals surface area contributed by atoms with Gasteiger partial charge in [0.15, 0.2) is 0 Å². The molecule has 0 radical (unpaired) electrons. The van der Waals surface area contributed by atoms with E-state index in [1.807, 2.05) is 30.3 Å². The molecule has 3 heteroatoms. The van der Waals surface area contributed by atoms with E-state index < -0.39 is 10.4 Å². The quantitative estimate of drug-likeness (QED) is 0.775. The predicted octanol–water partition coefficient (Wildman–Crippen LogP) is 2.78. The normalized spacial score (nSPS) is 15.8. The van der Waals surface area contributed by atoms with Gasteiger partial charge in [-0.15, -0.1) is 23.2 Å². The van der Waals surface area contributed by atoms with Crippen LogP contribution in [0.3, 0.4) is 0 Å². The van der Waals surface area contributed by atoms with Gasteiger partial charge in [0, 0.05) is 6.42 Å². The highest BCUT2D eigenvalue weighted by Gasteiger charge is 2.28. The lowest BCUT2D eigenvalue weighted by Crippen LogP contribution is -2.34. The Balaban J connectivity index is 2.69. The van der Waals surface area contributed by atoms with E-state index in [2.05, 4.69) is 0 Å². The minimum Gasteiger partial charge on any atom is -0.387 e. The van der Waals surface area contributed by atoms with Crippen molar-refractivity contribution in [3.8, 4) is 0 Å². The van der Waals surface area contributed by atoms with E-state index in [1.54, 1.807) is 6.92 Å². The van der Waals surface area contributed by atoms with Gasteiger partial charge in [-0.3, -0.25) is 0 Å². The number of hydrogen-bond donors (Lipinski definition) is 1. The third-order valence-electron chi connectivity index (χ3n) is 1.87. The summed E-state index contributed by atoms with van der Waals surface area (Å²) >= 11 is 11.3. The van der Waals surface area contributed by atoms with Crippen LogP contribution in [0.5, 0.6) is 0 Å². The lowest BCUT2D eigenvalue weighted by Gasteiger charge is -2.24. The van der Waals surface area contributed by atoms with Crippen LogP contribution in [0.15, 0.2) is 30.3 Å². The number of benzene rings is 1. The van der Waals surface area contributed by atoms with Crippen molar-refractivity contribution in [2.45, 2.75) is 23.8 Å². The molecule has 72 valence electrons. The van der Waals surface area contributed by atoms with Gasteiger partial charge in [-0.25, -0.2) is 0 Å². The zero-order chi connectivity index (χ0) is 9.90. The molecule has 1 nitrogen and oxygen atoms in total. The highest BCUT2D eigenvalue weighted by molar-refractivity contribution is 6.45. The summed E-state index contributed by atoms with van der Waals surface area (Å²) in [6, 6.07) is 9.64. The minimum absolute atomic E-state index is 0.464. The highest BCUT2D eigenvalue weighted by atomic mass is 35.5. The largest absolute Gasteiger partial charge is 0.387 e. The number of rotatable bonds is 3. The molecular formula is C10H12Cl2O. The van der Waals surface area contributed by atoms with Crippen molar-refractivity contribution in [2.24, 2.45) is 0 Å². The average Bonchev–Trinajstić information content (AvgIpc) is 2.05. The minimum atomic E-state index is -1.07. The second-order valence-corrected chi connectivity index (χ2v) is 4.42. The molecule has 1 atom stereocenters. The topological polar surface area (TPSA) is 20.2 Å². The first kappa shape index (κ1) is 10.8. The van der Waals surface area contributed by atoms with Crippen LogP contribution in [0.4, 0.5) is 0 Å². The molecule has 13 heavy (non-hydrogen) atoms. The maximum Gasteiger partial charge on any atom is 0.136 e. The molecule has 0 unspecified atom stereocenters. The molecule has 1 rings (SSSR count). The van der Waals surface area contributed by atoms with Gasteiger partial charge in [0.25, 0.3) is 0 Å². The van der Waals surface area contributed by atoms with Crippen LogP contribution in [-0.4, -0.2) is 15.5 Å². The fourth-order valence-electron chi connectivity index (χ4n) is 1.09. The molecule has 0 fully saturated rings. The summed E-state index contributed by atoms with van der Waals surface area (Å²) in [6.07, 6.45) is 0.464. The summed E-state index contributed by atoms with van der Waals surface area (Å²) in [5.74, 6) is 0. The summed E-state index contributed by atoms with van der Waals surface area (Å²) < 4.78 is 0. The Bertz CT molecular complexity index is 257. The summed E-state index contributed by atoms with van der Waals surface area (Å²) in [5, 5.41) is 9.78. The molecule has 0 heterocycles. The molecule has 0 spiro atoms. The summed E-state index contributed by atoms with van der Waals surface area (Å²) in [4.78, 5) is -0.771. The summed E-state index contributed by atoms with van der Waals surface area (Å²) in [6.45, 7) is 1.63. The van der Waals surface area contributed by atoms with E-state index in [0.29, 0.717) is 6.42 Å². The van der Waals surface area contributed by atoms with Gasteiger partial charge < -0.3 is 5.11 Å². The highest BCUT2D eigenvalue weighted by Crippen LogP contribution is 2.23. The van der Waals surface area contributed by atoms with Gasteiger partial charge in [0.1, 0.15) is 4.84 Å². The monoisotopic (exact) mass is 218 g/mol. The maximum atomic E-state index is 9.78. The van der Waals surface area contributed by atoms with E-state index in [-0.39, 0.29) is 0 Å². The van der Waals surface area contributed by atoms with E-state index in [0.717, 1.165) is 5.56 Å². The second kappa shape index (κ2) is 4.32. The van der Waals surface area contributed by atoms with Crippen LogP contribution in [-0.2, 0) is 6.42 Å². The van der Waals surface area contributed by atoms with Gasteiger partial charge in [0.2, 0.25) is 0 Å². The molecule has 1 aromatic carbocycles. The summed E-state index contributed by atoms with van der Waals surface area (Å²) in [5.41, 5.74) is -0.0383. The smallest absolute Gasteiger partial charge is 0.136 e. The second-order valence-electron chi connectivity index (χ2n) is 3.32. The fourth-order valence-corrected chi connectivity index (χ4v) is 1.24. The Morgan fingerprint density at radius 1 is 1.31 bits per heavy atom. The fraction of sp³-hybridized carbons (Fsp3) is 0.400. The van der Waals surface area contributed by atoms with E-state index >= 15 is 0 Å². The Hall–Kier alpha value is -0.240. The van der Waals surface area contributed by atoms with E-state index in [1.165, 1.54) is 0 Å². The van der Waals surface area contributed by atoms with Crippen molar-refractivity contribution >= 4 is 23.2 Å². The molecular weight excluding hydrogens is 207 g/mol. The maximum absolute atomic E-state index is 9.78. The van der Waals surface area contributed by atoms with E-state index in [4.69, 9.17) is 23.2 Å².